The molecule has 0 saturated carbocycles. The highest BCUT2D eigenvalue weighted by Crippen LogP contribution is 2.12. The Kier molecular flexibility index (Phi) is 4.12. The van der Waals surface area contributed by atoms with Crippen molar-refractivity contribution in [3.63, 3.8) is 0 Å². The molecule has 0 bridgehead atoms. The fourth-order valence-electron chi connectivity index (χ4n) is 1.25. The van der Waals surface area contributed by atoms with Crippen LogP contribution in [0.5, 0.6) is 0 Å². The van der Waals surface area contributed by atoms with E-state index in [4.69, 9.17) is 10.6 Å². The maximum absolute atomic E-state index is 10.9. The van der Waals surface area contributed by atoms with Gasteiger partial charge in [-0.2, -0.15) is 0 Å². The summed E-state index contributed by atoms with van der Waals surface area (Å²) in [5.41, 5.74) is 9.84. The van der Waals surface area contributed by atoms with E-state index >= 15 is 0 Å². The van der Waals surface area contributed by atoms with Crippen molar-refractivity contribution in [1.29, 1.82) is 0 Å². The molecule has 16 heavy (non-hydrogen) atoms. The zero-order chi connectivity index (χ0) is 12.0. The molecule has 0 aromatic heterocycles. The third kappa shape index (κ3) is 3.15. The summed E-state index contributed by atoms with van der Waals surface area (Å²) < 4.78 is 0. The number of aromatic carboxylic acids is 1. The molecule has 0 radical (unpaired) electrons. The number of aryl methyl sites for hydroxylation is 1. The van der Waals surface area contributed by atoms with Gasteiger partial charge in [0.25, 0.3) is 0 Å². The Balaban J connectivity index is 2.90. The van der Waals surface area contributed by atoms with Crippen molar-refractivity contribution in [1.82, 2.24) is 0 Å². The van der Waals surface area contributed by atoms with Gasteiger partial charge < -0.3 is 5.11 Å². The molecule has 5 nitrogen and oxygen atoms in total. The molecule has 5 heteroatoms. The van der Waals surface area contributed by atoms with Crippen molar-refractivity contribution in [3.05, 3.63) is 51.4 Å². The zero-order valence-electron chi connectivity index (χ0n) is 8.79. The zero-order valence-corrected chi connectivity index (χ0v) is 8.79. The molecule has 1 aromatic carbocycles. The van der Waals surface area contributed by atoms with Crippen LogP contribution in [-0.4, -0.2) is 17.6 Å². The standard InChI is InChI=1S/C11H11N3O2/c1-8-4-5-9(3-2-6-13-14-12)7-10(8)11(15)16/h2-5,7H,6H2,1H3,(H,15,16). The van der Waals surface area contributed by atoms with Crippen LogP contribution in [0.25, 0.3) is 16.5 Å². The topological polar surface area (TPSA) is 86.1 Å². The van der Waals surface area contributed by atoms with Crippen LogP contribution in [0.15, 0.2) is 29.4 Å². The van der Waals surface area contributed by atoms with Crippen molar-refractivity contribution >= 4 is 12.0 Å². The van der Waals surface area contributed by atoms with Gasteiger partial charge >= 0.3 is 5.97 Å². The highest BCUT2D eigenvalue weighted by atomic mass is 16.4. The number of carboxylic acids is 1. The van der Waals surface area contributed by atoms with Gasteiger partial charge in [-0.1, -0.05) is 29.4 Å². The van der Waals surface area contributed by atoms with E-state index < -0.39 is 5.97 Å². The summed E-state index contributed by atoms with van der Waals surface area (Å²) in [7, 11) is 0. The normalized spacial score (nSPS) is 10.1. The van der Waals surface area contributed by atoms with Gasteiger partial charge in [-0.15, -0.1) is 0 Å². The summed E-state index contributed by atoms with van der Waals surface area (Å²) in [5.74, 6) is -0.942. The molecular formula is C11H11N3O2. The third-order valence-corrected chi connectivity index (χ3v) is 2.05. The Labute approximate surface area is 92.7 Å². The van der Waals surface area contributed by atoms with E-state index in [0.29, 0.717) is 0 Å². The van der Waals surface area contributed by atoms with E-state index in [9.17, 15) is 4.79 Å². The Morgan fingerprint density at radius 1 is 1.62 bits per heavy atom. The molecule has 0 unspecified atom stereocenters. The maximum atomic E-state index is 10.9. The minimum atomic E-state index is -0.942. The Bertz CT molecular complexity index is 474. The third-order valence-electron chi connectivity index (χ3n) is 2.05. The van der Waals surface area contributed by atoms with Crippen LogP contribution in [0, 0.1) is 6.92 Å². The van der Waals surface area contributed by atoms with Crippen LogP contribution >= 0.6 is 0 Å². The lowest BCUT2D eigenvalue weighted by atomic mass is 10.0. The summed E-state index contributed by atoms with van der Waals surface area (Å²) in [6.45, 7) is 2.00. The fraction of sp³-hybridized carbons (Fsp3) is 0.182. The fourth-order valence-corrected chi connectivity index (χ4v) is 1.25. The molecular weight excluding hydrogens is 206 g/mol. The highest BCUT2D eigenvalue weighted by molar-refractivity contribution is 5.90. The first kappa shape index (κ1) is 11.8. The van der Waals surface area contributed by atoms with E-state index in [1.807, 2.05) is 6.07 Å². The number of azide groups is 1. The van der Waals surface area contributed by atoms with Gasteiger partial charge in [0.15, 0.2) is 0 Å². The largest absolute Gasteiger partial charge is 0.478 e. The minimum absolute atomic E-state index is 0.257. The molecule has 0 spiro atoms. The molecule has 0 aliphatic heterocycles. The Morgan fingerprint density at radius 3 is 3.00 bits per heavy atom. The van der Waals surface area contributed by atoms with E-state index in [-0.39, 0.29) is 12.1 Å². The molecule has 0 fully saturated rings. The van der Waals surface area contributed by atoms with Gasteiger partial charge in [0.1, 0.15) is 0 Å². The molecule has 82 valence electrons. The average Bonchev–Trinajstić information content (AvgIpc) is 2.26. The smallest absolute Gasteiger partial charge is 0.335 e. The van der Waals surface area contributed by atoms with Crippen molar-refractivity contribution in [3.8, 4) is 0 Å². The van der Waals surface area contributed by atoms with Crippen LogP contribution in [0.1, 0.15) is 21.5 Å². The predicted molar refractivity (Wildman–Crippen MR) is 61.2 cm³/mol. The number of hydrogen-bond acceptors (Lipinski definition) is 2. The average molecular weight is 217 g/mol. The molecule has 0 atom stereocenters. The molecule has 1 N–H and O–H groups in total. The number of carbonyl (C=O) groups is 1. The number of nitrogens with zero attached hydrogens (tertiary/aromatic N) is 3. The summed E-state index contributed by atoms with van der Waals surface area (Å²) in [5, 5.41) is 12.2. The van der Waals surface area contributed by atoms with E-state index in [1.54, 1.807) is 31.2 Å². The van der Waals surface area contributed by atoms with Gasteiger partial charge in [0.05, 0.1) is 5.56 Å². The van der Waals surface area contributed by atoms with E-state index in [1.165, 1.54) is 0 Å². The van der Waals surface area contributed by atoms with Crippen LogP contribution in [0.2, 0.25) is 0 Å². The summed E-state index contributed by atoms with van der Waals surface area (Å²) in [6.07, 6.45) is 3.40. The van der Waals surface area contributed by atoms with Crippen LogP contribution < -0.4 is 0 Å². The predicted octanol–water partition coefficient (Wildman–Crippen LogP) is 3.02. The van der Waals surface area contributed by atoms with Gasteiger partial charge in [-0.05, 0) is 29.6 Å². The summed E-state index contributed by atoms with van der Waals surface area (Å²) >= 11 is 0. The molecule has 0 amide bonds. The maximum Gasteiger partial charge on any atom is 0.335 e. The molecule has 1 aromatic rings. The van der Waals surface area contributed by atoms with Crippen LogP contribution in [-0.2, 0) is 0 Å². The molecule has 1 rings (SSSR count). The minimum Gasteiger partial charge on any atom is -0.478 e. The van der Waals surface area contributed by atoms with Gasteiger partial charge in [0, 0.05) is 11.5 Å². The second-order valence-corrected chi connectivity index (χ2v) is 3.20. The van der Waals surface area contributed by atoms with Gasteiger partial charge in [-0.25, -0.2) is 4.79 Å². The second kappa shape index (κ2) is 5.58. The first-order valence-corrected chi connectivity index (χ1v) is 4.66. The number of carboxylic acid groups (broad SMARTS) is 1. The number of hydrogen-bond donors (Lipinski definition) is 1. The van der Waals surface area contributed by atoms with Crippen molar-refractivity contribution in [2.45, 2.75) is 6.92 Å². The molecule has 0 saturated heterocycles. The number of benzene rings is 1. The quantitative estimate of drug-likeness (QED) is 0.477. The van der Waals surface area contributed by atoms with Crippen LogP contribution in [0.3, 0.4) is 0 Å². The summed E-state index contributed by atoms with van der Waals surface area (Å²) in [4.78, 5) is 13.5. The van der Waals surface area contributed by atoms with Crippen molar-refractivity contribution in [2.75, 3.05) is 6.54 Å². The second-order valence-electron chi connectivity index (χ2n) is 3.20. The van der Waals surface area contributed by atoms with Crippen LogP contribution in [0.4, 0.5) is 0 Å². The first-order chi connectivity index (χ1) is 7.65. The monoisotopic (exact) mass is 217 g/mol. The van der Waals surface area contributed by atoms with Gasteiger partial charge in [-0.3, -0.25) is 0 Å². The lowest BCUT2D eigenvalue weighted by molar-refractivity contribution is 0.0696. The SMILES string of the molecule is Cc1ccc(C=CCN=[N+]=[N-])cc1C(=O)O. The Hall–Kier alpha value is -2.26. The molecule has 0 heterocycles. The van der Waals surface area contributed by atoms with Gasteiger partial charge in [0.2, 0.25) is 0 Å². The summed E-state index contributed by atoms with van der Waals surface area (Å²) in [6, 6.07) is 5.15. The lowest BCUT2D eigenvalue weighted by Crippen LogP contribution is -1.99. The lowest BCUT2D eigenvalue weighted by Gasteiger charge is -2.01. The Morgan fingerprint density at radius 2 is 2.38 bits per heavy atom. The van der Waals surface area contributed by atoms with E-state index in [2.05, 4.69) is 10.0 Å². The highest BCUT2D eigenvalue weighted by Gasteiger charge is 2.06. The molecule has 0 aliphatic carbocycles. The molecule has 0 aliphatic rings. The number of rotatable bonds is 4. The first-order valence-electron chi connectivity index (χ1n) is 4.66. The van der Waals surface area contributed by atoms with Crippen molar-refractivity contribution in [2.24, 2.45) is 5.11 Å². The van der Waals surface area contributed by atoms with E-state index in [0.717, 1.165) is 11.1 Å². The van der Waals surface area contributed by atoms with Crippen molar-refractivity contribution < 1.29 is 9.90 Å².